The molecule has 0 atom stereocenters. The first-order chi connectivity index (χ1) is 6.00. The predicted octanol–water partition coefficient (Wildman–Crippen LogP) is -0.790. The van der Waals surface area contributed by atoms with Crippen LogP contribution in [0.15, 0.2) is 17.1 Å². The number of rotatable bonds is 0. The first-order valence-corrected chi connectivity index (χ1v) is 3.06. The van der Waals surface area contributed by atoms with Gasteiger partial charge in [0, 0.05) is 0 Å². The number of carbonyl (C=O) groups excluding carboxylic acids is 3. The molecular formula is C7H3NO5. The molecule has 0 radical (unpaired) electrons. The van der Waals surface area contributed by atoms with Crippen molar-refractivity contribution in [2.75, 3.05) is 0 Å². The van der Waals surface area contributed by atoms with Crippen LogP contribution in [-0.2, 0) is 14.4 Å². The molecule has 0 aliphatic heterocycles. The average Bonchev–Trinajstić information content (AvgIpc) is 2.13. The van der Waals surface area contributed by atoms with Crippen molar-refractivity contribution in [3.63, 3.8) is 0 Å². The predicted molar refractivity (Wildman–Crippen MR) is 38.5 cm³/mol. The summed E-state index contributed by atoms with van der Waals surface area (Å²) in [5.74, 6) is -5.09. The zero-order valence-corrected chi connectivity index (χ0v) is 6.12. The number of Topliss-reactive ketones (excluding diaryl/α,β-unsaturated/α-hetero) is 3. The number of nitrogens with one attached hydrogen (secondary N) is 1. The van der Waals surface area contributed by atoms with Gasteiger partial charge in [0.15, 0.2) is 0 Å². The van der Waals surface area contributed by atoms with Crippen molar-refractivity contribution in [3.05, 3.63) is 17.1 Å². The summed E-state index contributed by atoms with van der Waals surface area (Å²) in [6.45, 7) is 0. The van der Waals surface area contributed by atoms with E-state index in [9.17, 15) is 14.4 Å². The zero-order valence-electron chi connectivity index (χ0n) is 6.12. The van der Waals surface area contributed by atoms with E-state index in [1.807, 2.05) is 0 Å². The topological polar surface area (TPSA) is 116 Å². The van der Waals surface area contributed by atoms with E-state index >= 15 is 0 Å². The van der Waals surface area contributed by atoms with Crippen LogP contribution in [-0.4, -0.2) is 33.4 Å². The molecule has 0 saturated heterocycles. The molecule has 3 N–H and O–H groups in total. The highest BCUT2D eigenvalue weighted by atomic mass is 16.3. The van der Waals surface area contributed by atoms with Gasteiger partial charge < -0.3 is 10.2 Å². The van der Waals surface area contributed by atoms with Crippen molar-refractivity contribution in [1.29, 1.82) is 5.41 Å². The van der Waals surface area contributed by atoms with Gasteiger partial charge >= 0.3 is 0 Å². The van der Waals surface area contributed by atoms with Gasteiger partial charge in [0.05, 0.1) is 0 Å². The van der Waals surface area contributed by atoms with Gasteiger partial charge in [-0.05, 0) is 5.87 Å². The van der Waals surface area contributed by atoms with E-state index in [2.05, 4.69) is 0 Å². The van der Waals surface area contributed by atoms with Crippen LogP contribution in [0, 0.1) is 5.41 Å². The van der Waals surface area contributed by atoms with Gasteiger partial charge in [0.1, 0.15) is 5.57 Å². The Hall–Kier alpha value is -2.20. The van der Waals surface area contributed by atoms with Gasteiger partial charge in [0.2, 0.25) is 23.1 Å². The molecule has 66 valence electrons. The van der Waals surface area contributed by atoms with Crippen LogP contribution >= 0.6 is 0 Å². The van der Waals surface area contributed by atoms with Gasteiger partial charge in [0.25, 0.3) is 5.78 Å². The highest BCUT2D eigenvalue weighted by molar-refractivity contribution is 6.59. The monoisotopic (exact) mass is 181 g/mol. The number of aliphatic hydroxyl groups excluding tert-OH is 2. The maximum atomic E-state index is 10.9. The molecule has 0 spiro atoms. The summed E-state index contributed by atoms with van der Waals surface area (Å²) >= 11 is 0. The minimum absolute atomic E-state index is 0.875. The Morgan fingerprint density at radius 2 is 1.38 bits per heavy atom. The van der Waals surface area contributed by atoms with Gasteiger partial charge in [-0.25, -0.2) is 0 Å². The molecule has 0 unspecified atom stereocenters. The van der Waals surface area contributed by atoms with E-state index in [0.29, 0.717) is 0 Å². The van der Waals surface area contributed by atoms with Crippen molar-refractivity contribution < 1.29 is 24.6 Å². The van der Waals surface area contributed by atoms with Crippen molar-refractivity contribution in [2.24, 2.45) is 0 Å². The second kappa shape index (κ2) is 2.69. The van der Waals surface area contributed by atoms with Crippen LogP contribution in [0.2, 0.25) is 0 Å². The minimum atomic E-state index is -1.41. The Bertz CT molecular complexity index is 411. The van der Waals surface area contributed by atoms with Gasteiger partial charge in [-0.3, -0.25) is 19.8 Å². The molecule has 0 aromatic heterocycles. The summed E-state index contributed by atoms with van der Waals surface area (Å²) in [4.78, 5) is 32.4. The molecule has 1 aliphatic carbocycles. The smallest absolute Gasteiger partial charge is 0.272 e. The van der Waals surface area contributed by atoms with Crippen LogP contribution in [0.1, 0.15) is 0 Å². The Labute approximate surface area is 71.3 Å². The van der Waals surface area contributed by atoms with Crippen molar-refractivity contribution in [2.45, 2.75) is 0 Å². The highest BCUT2D eigenvalue weighted by Crippen LogP contribution is 2.15. The Morgan fingerprint density at radius 3 is 1.85 bits per heavy atom. The van der Waals surface area contributed by atoms with E-state index in [-0.39, 0.29) is 0 Å². The normalized spacial score (nSPS) is 17.8. The molecule has 0 amide bonds. The Balaban J connectivity index is 3.48. The standard InChI is InChI=1S/C7H3NO5/c8-1-2-3(9)5(11)7(13)6(12)4(2)10/h8,11,13H. The maximum Gasteiger partial charge on any atom is 0.272 e. The second-order valence-corrected chi connectivity index (χ2v) is 2.18. The van der Waals surface area contributed by atoms with Gasteiger partial charge in [-0.1, -0.05) is 0 Å². The fourth-order valence-electron chi connectivity index (χ4n) is 0.771. The molecular weight excluding hydrogens is 178 g/mol. The Kier molecular flexibility index (Phi) is 1.84. The van der Waals surface area contributed by atoms with Crippen LogP contribution in [0.5, 0.6) is 0 Å². The fourth-order valence-corrected chi connectivity index (χ4v) is 0.771. The lowest BCUT2D eigenvalue weighted by Crippen LogP contribution is -2.31. The summed E-state index contributed by atoms with van der Waals surface area (Å²) in [6.07, 6.45) is 0. The summed E-state index contributed by atoms with van der Waals surface area (Å²) in [5, 5.41) is 24.0. The van der Waals surface area contributed by atoms with Crippen molar-refractivity contribution in [1.82, 2.24) is 0 Å². The molecule has 0 heterocycles. The molecule has 6 nitrogen and oxygen atoms in total. The third-order valence-corrected chi connectivity index (χ3v) is 1.44. The summed E-state index contributed by atoms with van der Waals surface area (Å²) < 4.78 is 0. The minimum Gasteiger partial charge on any atom is -0.501 e. The number of ketones is 3. The Morgan fingerprint density at radius 1 is 0.923 bits per heavy atom. The number of allylic oxidation sites excluding steroid dienone is 2. The zero-order chi connectivity index (χ0) is 10.2. The molecule has 0 aromatic rings. The lowest BCUT2D eigenvalue weighted by molar-refractivity contribution is -0.136. The molecule has 6 heteroatoms. The van der Waals surface area contributed by atoms with Crippen LogP contribution in [0.4, 0.5) is 0 Å². The summed E-state index contributed by atoms with van der Waals surface area (Å²) in [7, 11) is 0. The third kappa shape index (κ3) is 1.05. The third-order valence-electron chi connectivity index (χ3n) is 1.44. The van der Waals surface area contributed by atoms with E-state index in [1.165, 1.54) is 5.87 Å². The van der Waals surface area contributed by atoms with Crippen LogP contribution in [0.3, 0.4) is 0 Å². The molecule has 13 heavy (non-hydrogen) atoms. The maximum absolute atomic E-state index is 10.9. The second-order valence-electron chi connectivity index (χ2n) is 2.18. The summed E-state index contributed by atoms with van der Waals surface area (Å²) in [5.41, 5.74) is -0.875. The molecule has 0 saturated carbocycles. The SMILES string of the molecule is N=C=C1C(=O)C(=O)C(O)=C(O)C1=O. The van der Waals surface area contributed by atoms with Gasteiger partial charge in [-0.2, -0.15) is 0 Å². The number of carbonyl (C=O) groups is 3. The highest BCUT2D eigenvalue weighted by Gasteiger charge is 2.38. The average molecular weight is 181 g/mol. The number of hydrogen-bond acceptors (Lipinski definition) is 6. The molecule has 1 aliphatic rings. The number of hydrogen-bond donors (Lipinski definition) is 3. The summed E-state index contributed by atoms with van der Waals surface area (Å²) in [6, 6.07) is 0. The first kappa shape index (κ1) is 8.89. The van der Waals surface area contributed by atoms with E-state index in [1.54, 1.807) is 0 Å². The number of aliphatic hydroxyl groups is 2. The van der Waals surface area contributed by atoms with E-state index in [0.717, 1.165) is 0 Å². The van der Waals surface area contributed by atoms with E-state index in [4.69, 9.17) is 15.6 Å². The molecule has 0 aromatic carbocycles. The molecule has 0 fully saturated rings. The van der Waals surface area contributed by atoms with Crippen molar-refractivity contribution >= 4 is 23.2 Å². The van der Waals surface area contributed by atoms with Crippen LogP contribution in [0.25, 0.3) is 0 Å². The van der Waals surface area contributed by atoms with Gasteiger partial charge in [-0.15, -0.1) is 0 Å². The molecule has 1 rings (SSSR count). The molecule has 0 bridgehead atoms. The van der Waals surface area contributed by atoms with Crippen molar-refractivity contribution in [3.8, 4) is 0 Å². The lowest BCUT2D eigenvalue weighted by atomic mass is 9.95. The van der Waals surface area contributed by atoms with Crippen LogP contribution < -0.4 is 0 Å². The quantitative estimate of drug-likeness (QED) is 0.196. The first-order valence-electron chi connectivity index (χ1n) is 3.06. The largest absolute Gasteiger partial charge is 0.501 e. The van der Waals surface area contributed by atoms with E-state index < -0.39 is 34.4 Å². The lowest BCUT2D eigenvalue weighted by Gasteiger charge is -2.08. The fraction of sp³-hybridized carbons (Fsp3) is 0.